The molecule has 5 rings (SSSR count). The minimum atomic E-state index is -0.933. The second kappa shape index (κ2) is 10.4. The number of carboxylic acids is 1. The number of benzene rings is 4. The van der Waals surface area contributed by atoms with Crippen LogP contribution in [-0.4, -0.2) is 29.4 Å². The van der Waals surface area contributed by atoms with Gasteiger partial charge in [0.05, 0.1) is 5.56 Å². The highest BCUT2D eigenvalue weighted by atomic mass is 16.4. The van der Waals surface area contributed by atoms with Gasteiger partial charge in [-0.15, -0.1) is 0 Å². The van der Waals surface area contributed by atoms with E-state index in [-0.39, 0.29) is 5.91 Å². The molecule has 1 amide bonds. The van der Waals surface area contributed by atoms with Gasteiger partial charge in [0.1, 0.15) is 7.85 Å². The predicted octanol–water partition coefficient (Wildman–Crippen LogP) is 4.86. The monoisotopic (exact) mass is 500 g/mol. The van der Waals surface area contributed by atoms with Crippen LogP contribution in [0, 0.1) is 13.8 Å². The molecular weight excluding hydrogens is 471 g/mol. The van der Waals surface area contributed by atoms with Gasteiger partial charge in [0.15, 0.2) is 0 Å². The fraction of sp³-hybridized carbons (Fsp3) is 0.125. The van der Waals surface area contributed by atoms with E-state index in [9.17, 15) is 14.7 Å². The smallest absolute Gasteiger partial charge is 0.336 e. The van der Waals surface area contributed by atoms with Crippen LogP contribution in [0.15, 0.2) is 91.0 Å². The van der Waals surface area contributed by atoms with Crippen molar-refractivity contribution >= 4 is 36.1 Å². The van der Waals surface area contributed by atoms with Gasteiger partial charge in [-0.2, -0.15) is 0 Å². The normalized spacial score (nSPS) is 11.0. The Hall–Kier alpha value is -4.58. The third-order valence-corrected chi connectivity index (χ3v) is 7.24. The van der Waals surface area contributed by atoms with Crippen molar-refractivity contribution in [1.29, 1.82) is 0 Å². The molecule has 1 heterocycles. The lowest BCUT2D eigenvalue weighted by Crippen LogP contribution is -2.23. The van der Waals surface area contributed by atoms with E-state index >= 15 is 0 Å². The Morgan fingerprint density at radius 1 is 0.868 bits per heavy atom. The zero-order valence-electron chi connectivity index (χ0n) is 21.8. The van der Waals surface area contributed by atoms with Crippen LogP contribution in [0.5, 0.6) is 0 Å². The number of nitrogens with one attached hydrogen (secondary N) is 1. The predicted molar refractivity (Wildman–Crippen MR) is 155 cm³/mol. The van der Waals surface area contributed by atoms with Gasteiger partial charge in [-0.3, -0.25) is 4.79 Å². The molecule has 5 nitrogen and oxygen atoms in total. The number of carbonyl (C=O) groups is 2. The van der Waals surface area contributed by atoms with E-state index in [1.165, 1.54) is 5.46 Å². The number of carboxylic acid groups (broad SMARTS) is 1. The van der Waals surface area contributed by atoms with Crippen molar-refractivity contribution in [1.82, 2.24) is 9.88 Å². The topological polar surface area (TPSA) is 71.3 Å². The van der Waals surface area contributed by atoms with E-state index in [2.05, 4.69) is 23.7 Å². The third kappa shape index (κ3) is 4.98. The Morgan fingerprint density at radius 3 is 2.26 bits per heavy atom. The molecule has 0 bridgehead atoms. The molecule has 0 saturated carbocycles. The van der Waals surface area contributed by atoms with Crippen LogP contribution >= 0.6 is 0 Å². The van der Waals surface area contributed by atoms with Gasteiger partial charge in [-0.25, -0.2) is 4.79 Å². The fourth-order valence-electron chi connectivity index (χ4n) is 4.88. The van der Waals surface area contributed by atoms with Gasteiger partial charge in [0, 0.05) is 35.2 Å². The van der Waals surface area contributed by atoms with Crippen molar-refractivity contribution < 1.29 is 14.7 Å². The Bertz CT molecular complexity index is 1650. The van der Waals surface area contributed by atoms with E-state index in [1.54, 1.807) is 12.1 Å². The Labute approximate surface area is 223 Å². The number of hydrogen-bond acceptors (Lipinski definition) is 2. The summed E-state index contributed by atoms with van der Waals surface area (Å²) in [5, 5.41) is 13.6. The first-order valence-corrected chi connectivity index (χ1v) is 12.7. The quantitative estimate of drug-likeness (QED) is 0.314. The summed E-state index contributed by atoms with van der Waals surface area (Å²) in [6.07, 6.45) is 0. The highest BCUT2D eigenvalue weighted by Crippen LogP contribution is 2.29. The van der Waals surface area contributed by atoms with Gasteiger partial charge >= 0.3 is 5.97 Å². The lowest BCUT2D eigenvalue weighted by molar-refractivity contribution is 0.0697. The molecule has 6 heteroatoms. The number of fused-ring (bicyclic) bond motifs is 1. The Kier molecular flexibility index (Phi) is 6.88. The number of carbonyl (C=O) groups excluding carboxylic acids is 1. The lowest BCUT2D eigenvalue weighted by atomic mass is 9.95. The van der Waals surface area contributed by atoms with Gasteiger partial charge < -0.3 is 15.0 Å². The molecule has 2 N–H and O–H groups in total. The second-order valence-electron chi connectivity index (χ2n) is 9.74. The first-order valence-electron chi connectivity index (χ1n) is 12.7. The highest BCUT2D eigenvalue weighted by molar-refractivity contribution is 6.32. The van der Waals surface area contributed by atoms with Gasteiger partial charge in [0.2, 0.25) is 0 Å². The molecule has 5 aromatic rings. The van der Waals surface area contributed by atoms with E-state index in [0.29, 0.717) is 29.8 Å². The van der Waals surface area contributed by atoms with Crippen LogP contribution in [0.25, 0.3) is 22.0 Å². The summed E-state index contributed by atoms with van der Waals surface area (Å²) < 4.78 is 2.26. The maximum Gasteiger partial charge on any atom is 0.336 e. The van der Waals surface area contributed by atoms with E-state index in [4.69, 9.17) is 0 Å². The molecule has 0 aliphatic carbocycles. The minimum Gasteiger partial charge on any atom is -0.478 e. The fourth-order valence-corrected chi connectivity index (χ4v) is 4.88. The summed E-state index contributed by atoms with van der Waals surface area (Å²) in [6.45, 7) is 5.36. The zero-order chi connectivity index (χ0) is 26.8. The molecule has 0 atom stereocenters. The maximum atomic E-state index is 12.9. The third-order valence-electron chi connectivity index (χ3n) is 7.24. The van der Waals surface area contributed by atoms with Crippen molar-refractivity contribution in [3.63, 3.8) is 0 Å². The number of amides is 1. The molecule has 0 aliphatic heterocycles. The number of rotatable bonds is 7. The molecule has 0 saturated heterocycles. The Morgan fingerprint density at radius 2 is 1.55 bits per heavy atom. The van der Waals surface area contributed by atoms with Crippen LogP contribution in [0.2, 0.25) is 0 Å². The molecule has 4 aromatic carbocycles. The first kappa shape index (κ1) is 25.1. The van der Waals surface area contributed by atoms with E-state index in [0.717, 1.165) is 38.9 Å². The molecule has 0 unspecified atom stereocenters. The van der Waals surface area contributed by atoms with E-state index in [1.807, 2.05) is 86.7 Å². The van der Waals surface area contributed by atoms with Crippen molar-refractivity contribution in [2.24, 2.45) is 0 Å². The van der Waals surface area contributed by atoms with Crippen molar-refractivity contribution in [2.75, 3.05) is 0 Å². The summed E-state index contributed by atoms with van der Waals surface area (Å²) in [7, 11) is 2.05. The largest absolute Gasteiger partial charge is 0.478 e. The standard InChI is InChI=1S/C32H29BN2O3/c1-20-21(2)35(19-23-7-11-24(12-8-23)27-5-3-4-6-28(27)32(37)38)30-16-13-25(17-29(20)30)31(36)34-18-22-9-14-26(33)15-10-22/h3-17H,18-19,33H2,1-2H3,(H,34,36)(H,37,38). The molecule has 0 spiro atoms. The van der Waals surface area contributed by atoms with Crippen molar-refractivity contribution in [3.05, 3.63) is 125 Å². The summed E-state index contributed by atoms with van der Waals surface area (Å²) in [4.78, 5) is 24.5. The average molecular weight is 500 g/mol. The maximum absolute atomic E-state index is 12.9. The zero-order valence-corrected chi connectivity index (χ0v) is 21.8. The molecule has 0 radical (unpaired) electrons. The summed E-state index contributed by atoms with van der Waals surface area (Å²) in [5.41, 5.74) is 9.28. The summed E-state index contributed by atoms with van der Waals surface area (Å²) >= 11 is 0. The molecule has 0 aliphatic rings. The highest BCUT2D eigenvalue weighted by Gasteiger charge is 2.15. The van der Waals surface area contributed by atoms with Crippen molar-refractivity contribution in [3.8, 4) is 11.1 Å². The summed E-state index contributed by atoms with van der Waals surface area (Å²) in [6, 6.07) is 29.1. The second-order valence-corrected chi connectivity index (χ2v) is 9.74. The summed E-state index contributed by atoms with van der Waals surface area (Å²) in [5.74, 6) is -1.02. The average Bonchev–Trinajstić information content (AvgIpc) is 3.17. The van der Waals surface area contributed by atoms with Gasteiger partial charge in [0.25, 0.3) is 5.91 Å². The minimum absolute atomic E-state index is 0.0884. The molecule has 188 valence electrons. The SMILES string of the molecule is Bc1ccc(CNC(=O)c2ccc3c(c2)c(C)c(C)n3Cc2ccc(-c3ccccc3C(=O)O)cc2)cc1. The van der Waals surface area contributed by atoms with Crippen LogP contribution in [-0.2, 0) is 13.1 Å². The number of aromatic nitrogens is 1. The molecule has 0 fully saturated rings. The number of aryl methyl sites for hydroxylation is 1. The van der Waals surface area contributed by atoms with E-state index < -0.39 is 5.97 Å². The Balaban J connectivity index is 1.37. The lowest BCUT2D eigenvalue weighted by Gasteiger charge is -2.11. The molecule has 1 aromatic heterocycles. The number of nitrogens with zero attached hydrogens (tertiary/aromatic N) is 1. The van der Waals surface area contributed by atoms with Gasteiger partial charge in [-0.1, -0.05) is 72.2 Å². The van der Waals surface area contributed by atoms with Crippen molar-refractivity contribution in [2.45, 2.75) is 26.9 Å². The first-order chi connectivity index (χ1) is 18.3. The van der Waals surface area contributed by atoms with Crippen LogP contribution in [0.3, 0.4) is 0 Å². The van der Waals surface area contributed by atoms with Crippen LogP contribution < -0.4 is 10.8 Å². The van der Waals surface area contributed by atoms with Crippen LogP contribution in [0.1, 0.15) is 43.1 Å². The number of hydrogen-bond donors (Lipinski definition) is 2. The van der Waals surface area contributed by atoms with Gasteiger partial charge in [-0.05, 0) is 65.9 Å². The molecular formula is C32H29BN2O3. The van der Waals surface area contributed by atoms with Crippen LogP contribution in [0.4, 0.5) is 0 Å². The molecule has 38 heavy (non-hydrogen) atoms. The number of aromatic carboxylic acids is 1.